The van der Waals surface area contributed by atoms with E-state index in [0.717, 1.165) is 30.6 Å². The van der Waals surface area contributed by atoms with Crippen LogP contribution in [0, 0.1) is 29.1 Å². The van der Waals surface area contributed by atoms with Crippen LogP contribution in [0.2, 0.25) is 0 Å². The van der Waals surface area contributed by atoms with Crippen LogP contribution in [-0.2, 0) is 0 Å². The molecule has 1 heteroatoms. The van der Waals surface area contributed by atoms with Gasteiger partial charge in [0.2, 0.25) is 0 Å². The van der Waals surface area contributed by atoms with Crippen LogP contribution in [0.5, 0.6) is 0 Å². The zero-order valence-corrected chi connectivity index (χ0v) is 8.92. The van der Waals surface area contributed by atoms with Gasteiger partial charge in [-0.15, -0.1) is 0 Å². The maximum Gasteiger partial charge on any atom is 0.0621 e. The Kier molecular flexibility index (Phi) is 4.28. The zero-order chi connectivity index (χ0) is 9.68. The average molecular weight is 179 g/mol. The predicted octanol–water partition coefficient (Wildman–Crippen LogP) is 3.75. The largest absolute Gasteiger partial charge is 0.198 e. The first-order valence-corrected chi connectivity index (χ1v) is 5.61. The minimum absolute atomic E-state index is 0.746. The molecule has 0 heterocycles. The summed E-state index contributed by atoms with van der Waals surface area (Å²) in [5.41, 5.74) is 0. The third-order valence-corrected chi connectivity index (χ3v) is 3.43. The normalized spacial score (nSPS) is 19.5. The summed E-state index contributed by atoms with van der Waals surface area (Å²) in [7, 11) is 0. The fourth-order valence-corrected chi connectivity index (χ4v) is 2.13. The Balaban J connectivity index is 2.24. The molecule has 0 spiro atoms. The highest BCUT2D eigenvalue weighted by Crippen LogP contribution is 2.35. The molecule has 1 nitrogen and oxygen atoms in total. The third kappa shape index (κ3) is 3.38. The summed E-state index contributed by atoms with van der Waals surface area (Å²) in [6.07, 6.45) is 7.55. The second-order valence-corrected chi connectivity index (χ2v) is 4.73. The van der Waals surface area contributed by atoms with E-state index in [1.807, 2.05) is 0 Å². The molecule has 0 bridgehead atoms. The number of hydrogen-bond donors (Lipinski definition) is 0. The maximum atomic E-state index is 8.55. The lowest BCUT2D eigenvalue weighted by Gasteiger charge is -2.31. The van der Waals surface area contributed by atoms with E-state index in [2.05, 4.69) is 19.9 Å². The van der Waals surface area contributed by atoms with Crippen molar-refractivity contribution in [1.29, 1.82) is 5.26 Å². The molecule has 1 rings (SSSR count). The van der Waals surface area contributed by atoms with E-state index in [4.69, 9.17) is 5.26 Å². The Labute approximate surface area is 82.1 Å². The molecule has 1 saturated carbocycles. The van der Waals surface area contributed by atoms with Crippen LogP contribution in [-0.4, -0.2) is 0 Å². The van der Waals surface area contributed by atoms with Gasteiger partial charge in [-0.3, -0.25) is 0 Å². The van der Waals surface area contributed by atoms with Gasteiger partial charge in [0.05, 0.1) is 6.07 Å². The van der Waals surface area contributed by atoms with Crippen LogP contribution >= 0.6 is 0 Å². The predicted molar refractivity (Wildman–Crippen MR) is 55.1 cm³/mol. The molecule has 1 unspecified atom stereocenters. The lowest BCUT2D eigenvalue weighted by Crippen LogP contribution is -2.19. The summed E-state index contributed by atoms with van der Waals surface area (Å²) in [5, 5.41) is 8.55. The van der Waals surface area contributed by atoms with Crippen molar-refractivity contribution in [2.24, 2.45) is 17.8 Å². The average Bonchev–Trinajstić information content (AvgIpc) is 2.01. The minimum atomic E-state index is 0.746. The fourth-order valence-electron chi connectivity index (χ4n) is 2.13. The standard InChI is InChI=1S/C12H21N/c1-10(2)12(7-4-8-13)9-11-5-3-6-11/h10-12H,3-7,9H2,1-2H3. The molecule has 0 saturated heterocycles. The van der Waals surface area contributed by atoms with E-state index in [9.17, 15) is 0 Å². The third-order valence-electron chi connectivity index (χ3n) is 3.43. The van der Waals surface area contributed by atoms with Crippen LogP contribution in [0.3, 0.4) is 0 Å². The molecule has 0 aromatic heterocycles. The van der Waals surface area contributed by atoms with Crippen molar-refractivity contribution in [3.8, 4) is 6.07 Å². The Hall–Kier alpha value is -0.510. The van der Waals surface area contributed by atoms with Gasteiger partial charge in [0.25, 0.3) is 0 Å². The smallest absolute Gasteiger partial charge is 0.0621 e. The molecular weight excluding hydrogens is 158 g/mol. The molecule has 0 radical (unpaired) electrons. The van der Waals surface area contributed by atoms with Gasteiger partial charge in [0.1, 0.15) is 0 Å². The summed E-state index contributed by atoms with van der Waals surface area (Å²) in [5.74, 6) is 2.55. The van der Waals surface area contributed by atoms with Crippen LogP contribution in [0.15, 0.2) is 0 Å². The Morgan fingerprint density at radius 2 is 2.08 bits per heavy atom. The molecular formula is C12H21N. The van der Waals surface area contributed by atoms with Crippen molar-refractivity contribution in [3.63, 3.8) is 0 Å². The monoisotopic (exact) mass is 179 g/mol. The summed E-state index contributed by atoms with van der Waals surface area (Å²) < 4.78 is 0. The van der Waals surface area contributed by atoms with Gasteiger partial charge in [-0.2, -0.15) is 5.26 Å². The molecule has 0 aromatic carbocycles. The number of rotatable bonds is 5. The number of nitriles is 1. The van der Waals surface area contributed by atoms with E-state index in [1.165, 1.54) is 25.7 Å². The molecule has 1 atom stereocenters. The molecule has 0 aliphatic heterocycles. The summed E-state index contributed by atoms with van der Waals surface area (Å²) in [6.45, 7) is 4.58. The van der Waals surface area contributed by atoms with Gasteiger partial charge < -0.3 is 0 Å². The highest BCUT2D eigenvalue weighted by molar-refractivity contribution is 4.78. The van der Waals surface area contributed by atoms with E-state index >= 15 is 0 Å². The molecule has 74 valence electrons. The van der Waals surface area contributed by atoms with Crippen molar-refractivity contribution in [3.05, 3.63) is 0 Å². The topological polar surface area (TPSA) is 23.8 Å². The quantitative estimate of drug-likeness (QED) is 0.630. The van der Waals surface area contributed by atoms with Crippen molar-refractivity contribution < 1.29 is 0 Å². The van der Waals surface area contributed by atoms with Gasteiger partial charge in [0, 0.05) is 6.42 Å². The molecule has 0 amide bonds. The molecule has 0 N–H and O–H groups in total. The lowest BCUT2D eigenvalue weighted by molar-refractivity contribution is 0.209. The van der Waals surface area contributed by atoms with Crippen molar-refractivity contribution in [2.75, 3.05) is 0 Å². The first-order chi connectivity index (χ1) is 6.24. The first-order valence-electron chi connectivity index (χ1n) is 5.61. The molecule has 1 aliphatic rings. The minimum Gasteiger partial charge on any atom is -0.198 e. The van der Waals surface area contributed by atoms with Crippen molar-refractivity contribution in [2.45, 2.75) is 52.4 Å². The summed E-state index contributed by atoms with van der Waals surface area (Å²) in [6, 6.07) is 2.26. The molecule has 0 aromatic rings. The molecule has 1 aliphatic carbocycles. The fraction of sp³-hybridized carbons (Fsp3) is 0.917. The van der Waals surface area contributed by atoms with Gasteiger partial charge >= 0.3 is 0 Å². The second kappa shape index (κ2) is 5.27. The van der Waals surface area contributed by atoms with E-state index in [1.54, 1.807) is 0 Å². The van der Waals surface area contributed by atoms with E-state index in [0.29, 0.717) is 0 Å². The van der Waals surface area contributed by atoms with E-state index in [-0.39, 0.29) is 0 Å². The molecule has 13 heavy (non-hydrogen) atoms. The maximum absolute atomic E-state index is 8.55. The van der Waals surface area contributed by atoms with Gasteiger partial charge in [0.15, 0.2) is 0 Å². The van der Waals surface area contributed by atoms with Crippen LogP contribution in [0.25, 0.3) is 0 Å². The summed E-state index contributed by atoms with van der Waals surface area (Å²) >= 11 is 0. The lowest BCUT2D eigenvalue weighted by atomic mass is 9.75. The van der Waals surface area contributed by atoms with Gasteiger partial charge in [-0.05, 0) is 30.6 Å². The first kappa shape index (κ1) is 10.6. The number of nitrogens with zero attached hydrogens (tertiary/aromatic N) is 1. The highest BCUT2D eigenvalue weighted by Gasteiger charge is 2.23. The summed E-state index contributed by atoms with van der Waals surface area (Å²) in [4.78, 5) is 0. The molecule has 1 fully saturated rings. The van der Waals surface area contributed by atoms with Crippen molar-refractivity contribution >= 4 is 0 Å². The van der Waals surface area contributed by atoms with Crippen LogP contribution in [0.4, 0.5) is 0 Å². The number of hydrogen-bond acceptors (Lipinski definition) is 1. The van der Waals surface area contributed by atoms with Crippen LogP contribution < -0.4 is 0 Å². The van der Waals surface area contributed by atoms with Gasteiger partial charge in [-0.25, -0.2) is 0 Å². The Morgan fingerprint density at radius 1 is 1.38 bits per heavy atom. The highest BCUT2D eigenvalue weighted by atomic mass is 14.3. The van der Waals surface area contributed by atoms with E-state index < -0.39 is 0 Å². The SMILES string of the molecule is CC(C)C(CCC#N)CC1CCC1. The van der Waals surface area contributed by atoms with Crippen molar-refractivity contribution in [1.82, 2.24) is 0 Å². The zero-order valence-electron chi connectivity index (χ0n) is 8.92. The van der Waals surface area contributed by atoms with Gasteiger partial charge in [-0.1, -0.05) is 33.1 Å². The van der Waals surface area contributed by atoms with Crippen LogP contribution in [0.1, 0.15) is 52.4 Å². The second-order valence-electron chi connectivity index (χ2n) is 4.73. The Morgan fingerprint density at radius 3 is 2.46 bits per heavy atom. The Bertz CT molecular complexity index is 174.